The second-order valence-corrected chi connectivity index (χ2v) is 3.50. The monoisotopic (exact) mass is 230 g/mol. The van der Waals surface area contributed by atoms with E-state index in [-0.39, 0.29) is 30.1 Å². The number of benzene rings is 1. The minimum atomic E-state index is -0.402. The predicted octanol–water partition coefficient (Wildman–Crippen LogP) is 2.47. The third-order valence-corrected chi connectivity index (χ3v) is 2.42. The average Bonchev–Trinajstić information content (AvgIpc) is 2.16. The van der Waals surface area contributed by atoms with Crippen molar-refractivity contribution in [1.29, 1.82) is 0 Å². The minimum Gasteiger partial charge on any atom is -0.327 e. The van der Waals surface area contributed by atoms with Gasteiger partial charge in [0.25, 0.3) is 5.69 Å². The Kier molecular flexibility index (Phi) is 5.25. The van der Waals surface area contributed by atoms with Gasteiger partial charge < -0.3 is 5.73 Å². The van der Waals surface area contributed by atoms with Crippen LogP contribution in [0, 0.1) is 10.1 Å². The number of nitrogens with two attached hydrogens (primary N) is 1. The number of non-ortho nitro benzene ring substituents is 1. The topological polar surface area (TPSA) is 69.2 Å². The highest BCUT2D eigenvalue weighted by Crippen LogP contribution is 2.20. The molecule has 0 amide bonds. The molecule has 15 heavy (non-hydrogen) atoms. The third kappa shape index (κ3) is 3.49. The molecule has 0 aromatic heterocycles. The molecule has 4 nitrogen and oxygen atoms in total. The van der Waals surface area contributed by atoms with Crippen molar-refractivity contribution in [3.63, 3.8) is 0 Å². The summed E-state index contributed by atoms with van der Waals surface area (Å²) >= 11 is 0. The Labute approximate surface area is 95.0 Å². The molecule has 2 N–H and O–H groups in total. The molecule has 1 aromatic rings. The first-order valence-corrected chi connectivity index (χ1v) is 4.52. The van der Waals surface area contributed by atoms with Crippen LogP contribution in [0.2, 0.25) is 0 Å². The third-order valence-electron chi connectivity index (χ3n) is 2.42. The van der Waals surface area contributed by atoms with Crippen LogP contribution in [-0.4, -0.2) is 11.0 Å². The van der Waals surface area contributed by atoms with Crippen LogP contribution >= 0.6 is 12.4 Å². The summed E-state index contributed by atoms with van der Waals surface area (Å²) < 4.78 is 0. The van der Waals surface area contributed by atoms with Gasteiger partial charge in [0.05, 0.1) is 4.92 Å². The molecule has 2 atom stereocenters. The summed E-state index contributed by atoms with van der Waals surface area (Å²) in [7, 11) is 0. The molecule has 0 saturated carbocycles. The van der Waals surface area contributed by atoms with Gasteiger partial charge in [0, 0.05) is 18.2 Å². The quantitative estimate of drug-likeness (QED) is 0.641. The standard InChI is InChI=1S/C10H14N2O2.ClH/c1-7(8(2)11)9-3-5-10(6-4-9)12(13)14;/h3-8H,11H2,1-2H3;1H. The van der Waals surface area contributed by atoms with E-state index < -0.39 is 4.92 Å². The summed E-state index contributed by atoms with van der Waals surface area (Å²) in [6.07, 6.45) is 0. The maximum absolute atomic E-state index is 10.4. The van der Waals surface area contributed by atoms with Crippen molar-refractivity contribution < 1.29 is 4.92 Å². The zero-order valence-corrected chi connectivity index (χ0v) is 9.53. The van der Waals surface area contributed by atoms with E-state index in [1.807, 2.05) is 13.8 Å². The number of hydrogen-bond donors (Lipinski definition) is 1. The molecule has 0 radical (unpaired) electrons. The highest BCUT2D eigenvalue weighted by molar-refractivity contribution is 5.85. The Morgan fingerprint density at radius 2 is 1.73 bits per heavy atom. The van der Waals surface area contributed by atoms with E-state index in [9.17, 15) is 10.1 Å². The Morgan fingerprint density at radius 3 is 2.07 bits per heavy atom. The summed E-state index contributed by atoms with van der Waals surface area (Å²) in [5.41, 5.74) is 6.88. The van der Waals surface area contributed by atoms with Crippen molar-refractivity contribution >= 4 is 18.1 Å². The molecule has 1 aromatic carbocycles. The van der Waals surface area contributed by atoms with Crippen molar-refractivity contribution in [3.8, 4) is 0 Å². The molecular formula is C10H15ClN2O2. The van der Waals surface area contributed by atoms with Gasteiger partial charge in [-0.2, -0.15) is 0 Å². The number of nitrogens with zero attached hydrogens (tertiary/aromatic N) is 1. The second-order valence-electron chi connectivity index (χ2n) is 3.50. The van der Waals surface area contributed by atoms with Gasteiger partial charge in [-0.25, -0.2) is 0 Å². The Hall–Kier alpha value is -1.13. The maximum Gasteiger partial charge on any atom is 0.269 e. The van der Waals surface area contributed by atoms with Gasteiger partial charge in [0.2, 0.25) is 0 Å². The maximum atomic E-state index is 10.4. The molecule has 84 valence electrons. The van der Waals surface area contributed by atoms with Crippen molar-refractivity contribution in [3.05, 3.63) is 39.9 Å². The molecule has 0 spiro atoms. The molecule has 0 fully saturated rings. The van der Waals surface area contributed by atoms with Crippen LogP contribution < -0.4 is 5.73 Å². The number of nitro benzene ring substituents is 1. The van der Waals surface area contributed by atoms with Crippen molar-refractivity contribution in [2.24, 2.45) is 5.73 Å². The van der Waals surface area contributed by atoms with E-state index in [0.717, 1.165) is 5.56 Å². The summed E-state index contributed by atoms with van der Waals surface area (Å²) in [6.45, 7) is 3.93. The van der Waals surface area contributed by atoms with Crippen LogP contribution in [0.4, 0.5) is 5.69 Å². The Bertz CT molecular complexity index is 325. The second kappa shape index (κ2) is 5.68. The fourth-order valence-corrected chi connectivity index (χ4v) is 1.20. The highest BCUT2D eigenvalue weighted by atomic mass is 35.5. The zero-order chi connectivity index (χ0) is 10.7. The molecule has 0 aliphatic carbocycles. The summed E-state index contributed by atoms with van der Waals surface area (Å²) in [5.74, 6) is 0.218. The summed E-state index contributed by atoms with van der Waals surface area (Å²) in [6, 6.07) is 6.58. The van der Waals surface area contributed by atoms with Crippen molar-refractivity contribution in [2.45, 2.75) is 25.8 Å². The van der Waals surface area contributed by atoms with Gasteiger partial charge in [0.15, 0.2) is 0 Å². The van der Waals surface area contributed by atoms with Gasteiger partial charge in [-0.15, -0.1) is 12.4 Å². The molecule has 0 heterocycles. The van der Waals surface area contributed by atoms with Crippen molar-refractivity contribution in [2.75, 3.05) is 0 Å². The lowest BCUT2D eigenvalue weighted by Crippen LogP contribution is -2.22. The first-order valence-electron chi connectivity index (χ1n) is 4.52. The highest BCUT2D eigenvalue weighted by Gasteiger charge is 2.11. The lowest BCUT2D eigenvalue weighted by atomic mass is 9.95. The molecule has 0 bridgehead atoms. The molecule has 2 unspecified atom stereocenters. The van der Waals surface area contributed by atoms with Gasteiger partial charge in [0.1, 0.15) is 0 Å². The van der Waals surface area contributed by atoms with Crippen LogP contribution in [0.3, 0.4) is 0 Å². The average molecular weight is 231 g/mol. The summed E-state index contributed by atoms with van der Waals surface area (Å²) in [5, 5.41) is 10.4. The number of hydrogen-bond acceptors (Lipinski definition) is 3. The molecule has 1 rings (SSSR count). The molecule has 0 saturated heterocycles. The number of rotatable bonds is 3. The van der Waals surface area contributed by atoms with E-state index >= 15 is 0 Å². The van der Waals surface area contributed by atoms with Crippen molar-refractivity contribution in [1.82, 2.24) is 0 Å². The van der Waals surface area contributed by atoms with E-state index in [1.165, 1.54) is 12.1 Å². The minimum absolute atomic E-state index is 0. The van der Waals surface area contributed by atoms with Crippen LogP contribution in [0.25, 0.3) is 0 Å². The van der Waals surface area contributed by atoms with E-state index in [1.54, 1.807) is 12.1 Å². The van der Waals surface area contributed by atoms with Gasteiger partial charge in [-0.3, -0.25) is 10.1 Å². The first-order chi connectivity index (χ1) is 6.52. The molecule has 0 aliphatic rings. The predicted molar refractivity (Wildman–Crippen MR) is 62.4 cm³/mol. The lowest BCUT2D eigenvalue weighted by Gasteiger charge is -2.15. The largest absolute Gasteiger partial charge is 0.327 e. The molecule has 5 heteroatoms. The van der Waals surface area contributed by atoms with E-state index in [2.05, 4.69) is 0 Å². The number of nitro groups is 1. The normalized spacial score (nSPS) is 13.8. The zero-order valence-electron chi connectivity index (χ0n) is 8.71. The van der Waals surface area contributed by atoms with Crippen LogP contribution in [0.15, 0.2) is 24.3 Å². The fraction of sp³-hybridized carbons (Fsp3) is 0.400. The lowest BCUT2D eigenvalue weighted by molar-refractivity contribution is -0.384. The van der Waals surface area contributed by atoms with Crippen LogP contribution in [0.1, 0.15) is 25.3 Å². The fourth-order valence-electron chi connectivity index (χ4n) is 1.20. The van der Waals surface area contributed by atoms with E-state index in [0.29, 0.717) is 0 Å². The van der Waals surface area contributed by atoms with Crippen LogP contribution in [0.5, 0.6) is 0 Å². The Morgan fingerprint density at radius 1 is 1.27 bits per heavy atom. The Balaban J connectivity index is 0.00000196. The SMILES string of the molecule is CC(N)C(C)c1ccc([N+](=O)[O-])cc1.Cl. The van der Waals surface area contributed by atoms with Gasteiger partial charge >= 0.3 is 0 Å². The van der Waals surface area contributed by atoms with Gasteiger partial charge in [-0.1, -0.05) is 19.1 Å². The first kappa shape index (κ1) is 13.9. The number of halogens is 1. The smallest absolute Gasteiger partial charge is 0.269 e. The molecule has 0 aliphatic heterocycles. The van der Waals surface area contributed by atoms with E-state index in [4.69, 9.17) is 5.73 Å². The van der Waals surface area contributed by atoms with Gasteiger partial charge in [-0.05, 0) is 18.4 Å². The molecular weight excluding hydrogens is 216 g/mol. The summed E-state index contributed by atoms with van der Waals surface area (Å²) in [4.78, 5) is 9.99. The van der Waals surface area contributed by atoms with Crippen LogP contribution in [-0.2, 0) is 0 Å².